The summed E-state index contributed by atoms with van der Waals surface area (Å²) >= 11 is 0. The van der Waals surface area contributed by atoms with Gasteiger partial charge in [0, 0.05) is 11.1 Å². The van der Waals surface area contributed by atoms with E-state index in [2.05, 4.69) is 4.74 Å². The normalized spacial score (nSPS) is 10.0. The highest BCUT2D eigenvalue weighted by Crippen LogP contribution is 2.26. The van der Waals surface area contributed by atoms with E-state index in [4.69, 9.17) is 0 Å². The lowest BCUT2D eigenvalue weighted by atomic mass is 9.98. The minimum absolute atomic E-state index is 0.244. The maximum Gasteiger partial charge on any atom is 0.337 e. The quantitative estimate of drug-likeness (QED) is 0.627. The Bertz CT molecular complexity index is 635. The molecule has 0 aliphatic rings. The van der Waals surface area contributed by atoms with E-state index in [1.54, 1.807) is 18.2 Å². The van der Waals surface area contributed by atoms with Crippen LogP contribution in [0.4, 0.5) is 4.39 Å². The lowest BCUT2D eigenvalue weighted by Gasteiger charge is -2.08. The van der Waals surface area contributed by atoms with Crippen LogP contribution in [0.1, 0.15) is 20.7 Å². The molecule has 0 radical (unpaired) electrons. The van der Waals surface area contributed by atoms with Crippen molar-refractivity contribution in [2.75, 3.05) is 7.11 Å². The summed E-state index contributed by atoms with van der Waals surface area (Å²) < 4.78 is 18.3. The second-order valence-electron chi connectivity index (χ2n) is 3.89. The number of methoxy groups -OCH3 is 1. The summed E-state index contributed by atoms with van der Waals surface area (Å²) in [5.41, 5.74) is 1.26. The smallest absolute Gasteiger partial charge is 0.337 e. The number of hydrogen-bond acceptors (Lipinski definition) is 3. The van der Waals surface area contributed by atoms with Crippen LogP contribution in [0.2, 0.25) is 0 Å². The molecular weight excluding hydrogens is 247 g/mol. The van der Waals surface area contributed by atoms with Gasteiger partial charge in [0.15, 0.2) is 6.29 Å². The van der Waals surface area contributed by atoms with Crippen LogP contribution >= 0.6 is 0 Å². The van der Waals surface area contributed by atoms with Crippen LogP contribution in [0.5, 0.6) is 0 Å². The average molecular weight is 258 g/mol. The van der Waals surface area contributed by atoms with Crippen LogP contribution in [0.25, 0.3) is 11.1 Å². The van der Waals surface area contributed by atoms with Gasteiger partial charge in [0.1, 0.15) is 5.82 Å². The highest BCUT2D eigenvalue weighted by Gasteiger charge is 2.12. The number of benzene rings is 2. The molecule has 0 spiro atoms. The molecule has 0 fully saturated rings. The molecule has 0 N–H and O–H groups in total. The first kappa shape index (κ1) is 13.0. The molecule has 2 rings (SSSR count). The third-order valence-corrected chi connectivity index (χ3v) is 2.76. The van der Waals surface area contributed by atoms with Crippen LogP contribution < -0.4 is 0 Å². The number of carbonyl (C=O) groups is 2. The summed E-state index contributed by atoms with van der Waals surface area (Å²) in [5.74, 6) is -0.959. The molecule has 0 amide bonds. The first-order valence-electron chi connectivity index (χ1n) is 5.60. The van der Waals surface area contributed by atoms with Gasteiger partial charge >= 0.3 is 5.97 Å². The fraction of sp³-hybridized carbons (Fsp3) is 0.0667. The zero-order chi connectivity index (χ0) is 13.8. The van der Waals surface area contributed by atoms with Crippen molar-refractivity contribution in [2.24, 2.45) is 0 Å². The minimum atomic E-state index is -0.539. The molecule has 0 saturated heterocycles. The third kappa shape index (κ3) is 2.52. The Morgan fingerprint density at radius 3 is 2.53 bits per heavy atom. The van der Waals surface area contributed by atoms with Gasteiger partial charge in [0.25, 0.3) is 0 Å². The van der Waals surface area contributed by atoms with E-state index in [-0.39, 0.29) is 11.1 Å². The fourth-order valence-corrected chi connectivity index (χ4v) is 1.83. The van der Waals surface area contributed by atoms with E-state index in [1.165, 1.54) is 31.4 Å². The molecule has 0 bridgehead atoms. The molecule has 0 unspecified atom stereocenters. The SMILES string of the molecule is COC(=O)c1ccc(-c2ccccc2F)c(C=O)c1. The Hall–Kier alpha value is -2.49. The highest BCUT2D eigenvalue weighted by atomic mass is 19.1. The first-order chi connectivity index (χ1) is 9.17. The van der Waals surface area contributed by atoms with E-state index in [1.807, 2.05) is 0 Å². The van der Waals surface area contributed by atoms with Gasteiger partial charge in [-0.15, -0.1) is 0 Å². The Labute approximate surface area is 109 Å². The van der Waals surface area contributed by atoms with Crippen molar-refractivity contribution >= 4 is 12.3 Å². The number of hydrogen-bond donors (Lipinski definition) is 0. The Balaban J connectivity index is 2.57. The zero-order valence-corrected chi connectivity index (χ0v) is 10.2. The molecule has 96 valence electrons. The lowest BCUT2D eigenvalue weighted by Crippen LogP contribution is -2.02. The van der Waals surface area contributed by atoms with Crippen molar-refractivity contribution < 1.29 is 18.7 Å². The monoisotopic (exact) mass is 258 g/mol. The first-order valence-corrected chi connectivity index (χ1v) is 5.60. The average Bonchev–Trinajstić information content (AvgIpc) is 2.46. The van der Waals surface area contributed by atoms with Gasteiger partial charge in [-0.25, -0.2) is 9.18 Å². The lowest BCUT2D eigenvalue weighted by molar-refractivity contribution is 0.0600. The van der Waals surface area contributed by atoms with E-state index < -0.39 is 11.8 Å². The van der Waals surface area contributed by atoms with Crippen molar-refractivity contribution in [1.82, 2.24) is 0 Å². The number of carbonyl (C=O) groups excluding carboxylic acids is 2. The molecule has 3 nitrogen and oxygen atoms in total. The van der Waals surface area contributed by atoms with Crippen LogP contribution in [0, 0.1) is 5.82 Å². The Morgan fingerprint density at radius 1 is 1.16 bits per heavy atom. The summed E-state index contributed by atoms with van der Waals surface area (Å²) in [6, 6.07) is 10.6. The molecule has 0 atom stereocenters. The molecule has 19 heavy (non-hydrogen) atoms. The molecule has 0 aromatic heterocycles. The maximum atomic E-state index is 13.7. The second-order valence-corrected chi connectivity index (χ2v) is 3.89. The van der Waals surface area contributed by atoms with Crippen molar-refractivity contribution in [3.8, 4) is 11.1 Å². The Morgan fingerprint density at radius 2 is 1.89 bits per heavy atom. The van der Waals surface area contributed by atoms with Gasteiger partial charge in [-0.1, -0.05) is 24.3 Å². The highest BCUT2D eigenvalue weighted by molar-refractivity contribution is 5.95. The number of halogens is 1. The van der Waals surface area contributed by atoms with Gasteiger partial charge in [-0.05, 0) is 23.8 Å². The summed E-state index contributed by atoms with van der Waals surface area (Å²) in [4.78, 5) is 22.5. The van der Waals surface area contributed by atoms with Crippen molar-refractivity contribution in [3.05, 3.63) is 59.4 Å². The van der Waals surface area contributed by atoms with Crippen LogP contribution in [0.3, 0.4) is 0 Å². The standard InChI is InChI=1S/C15H11FO3/c1-19-15(18)10-6-7-12(11(8-10)9-17)13-4-2-3-5-14(13)16/h2-9H,1H3. The molecule has 2 aromatic carbocycles. The number of esters is 1. The predicted molar refractivity (Wildman–Crippen MR) is 68.6 cm³/mol. The largest absolute Gasteiger partial charge is 0.465 e. The molecule has 4 heteroatoms. The maximum absolute atomic E-state index is 13.7. The number of rotatable bonds is 3. The molecular formula is C15H11FO3. The summed E-state index contributed by atoms with van der Waals surface area (Å²) in [7, 11) is 1.26. The molecule has 0 aliphatic carbocycles. The molecule has 2 aromatic rings. The van der Waals surface area contributed by atoms with Crippen molar-refractivity contribution in [2.45, 2.75) is 0 Å². The van der Waals surface area contributed by atoms with Gasteiger partial charge in [0.2, 0.25) is 0 Å². The van der Waals surface area contributed by atoms with Crippen molar-refractivity contribution in [3.63, 3.8) is 0 Å². The van der Waals surface area contributed by atoms with E-state index in [0.717, 1.165) is 0 Å². The number of ether oxygens (including phenoxy) is 1. The van der Waals surface area contributed by atoms with Crippen LogP contribution in [0.15, 0.2) is 42.5 Å². The predicted octanol–water partition coefficient (Wildman–Crippen LogP) is 3.09. The van der Waals surface area contributed by atoms with Crippen LogP contribution in [-0.4, -0.2) is 19.4 Å². The van der Waals surface area contributed by atoms with E-state index in [9.17, 15) is 14.0 Å². The van der Waals surface area contributed by atoms with E-state index >= 15 is 0 Å². The third-order valence-electron chi connectivity index (χ3n) is 2.76. The van der Waals surface area contributed by atoms with Gasteiger partial charge in [-0.3, -0.25) is 4.79 Å². The van der Waals surface area contributed by atoms with Gasteiger partial charge in [-0.2, -0.15) is 0 Å². The fourth-order valence-electron chi connectivity index (χ4n) is 1.83. The molecule has 0 aliphatic heterocycles. The summed E-state index contributed by atoms with van der Waals surface area (Å²) in [6.07, 6.45) is 0.591. The van der Waals surface area contributed by atoms with Gasteiger partial charge < -0.3 is 4.74 Å². The van der Waals surface area contributed by atoms with Crippen LogP contribution in [-0.2, 0) is 4.74 Å². The van der Waals surface area contributed by atoms with Crippen molar-refractivity contribution in [1.29, 1.82) is 0 Å². The second kappa shape index (κ2) is 5.44. The summed E-state index contributed by atoms with van der Waals surface area (Å²) in [5, 5.41) is 0. The number of aldehydes is 1. The summed E-state index contributed by atoms with van der Waals surface area (Å²) in [6.45, 7) is 0. The Kier molecular flexibility index (Phi) is 3.71. The van der Waals surface area contributed by atoms with Gasteiger partial charge in [0.05, 0.1) is 12.7 Å². The molecule has 0 saturated carbocycles. The topological polar surface area (TPSA) is 43.4 Å². The van der Waals surface area contributed by atoms with E-state index in [0.29, 0.717) is 17.4 Å². The minimum Gasteiger partial charge on any atom is -0.465 e. The molecule has 0 heterocycles. The zero-order valence-electron chi connectivity index (χ0n) is 10.2.